The number of nitrogens with one attached hydrogen (secondary N) is 2. The molecule has 0 spiro atoms. The quantitative estimate of drug-likeness (QED) is 0.739. The van der Waals surface area contributed by atoms with Gasteiger partial charge in [0.2, 0.25) is 0 Å². The largest absolute Gasteiger partial charge is 0.497 e. The van der Waals surface area contributed by atoms with Crippen LogP contribution in [0.4, 0.5) is 11.5 Å². The smallest absolute Gasteiger partial charge is 0.261 e. The van der Waals surface area contributed by atoms with Crippen molar-refractivity contribution in [1.82, 2.24) is 10.4 Å². The number of ether oxygens (including phenoxy) is 1. The second-order valence-electron chi connectivity index (χ2n) is 5.43. The molecule has 0 saturated carbocycles. The number of nitrogens with zero attached hydrogens (tertiary/aromatic N) is 2. The first-order valence-corrected chi connectivity index (χ1v) is 8.93. The fourth-order valence-electron chi connectivity index (χ4n) is 2.34. The van der Waals surface area contributed by atoms with E-state index in [1.54, 1.807) is 30.3 Å². The number of allylic oxidation sites excluding steroid dienone is 1. The highest BCUT2D eigenvalue weighted by Gasteiger charge is 2.22. The SMILES string of the molecule is COc1ccc(S(=O)(=O)Nc2ccc(N3NC(C)=CC3O)nc2)cc1. The lowest BCUT2D eigenvalue weighted by molar-refractivity contribution is 0.217. The van der Waals surface area contributed by atoms with E-state index >= 15 is 0 Å². The molecule has 8 nitrogen and oxygen atoms in total. The molecule has 0 fully saturated rings. The Morgan fingerprint density at radius 2 is 1.96 bits per heavy atom. The molecule has 1 atom stereocenters. The molecule has 1 aromatic heterocycles. The molecule has 2 aromatic rings. The fraction of sp³-hybridized carbons (Fsp3) is 0.188. The molecule has 0 radical (unpaired) electrons. The average molecular weight is 362 g/mol. The van der Waals surface area contributed by atoms with Gasteiger partial charge in [-0.3, -0.25) is 10.1 Å². The van der Waals surface area contributed by atoms with Crippen LogP contribution >= 0.6 is 0 Å². The minimum Gasteiger partial charge on any atom is -0.497 e. The average Bonchev–Trinajstić information content (AvgIpc) is 2.93. The van der Waals surface area contributed by atoms with Gasteiger partial charge in [-0.1, -0.05) is 0 Å². The summed E-state index contributed by atoms with van der Waals surface area (Å²) in [7, 11) is -2.21. The third-order valence-electron chi connectivity index (χ3n) is 3.58. The van der Waals surface area contributed by atoms with Gasteiger partial charge in [-0.2, -0.15) is 0 Å². The van der Waals surface area contributed by atoms with Crippen molar-refractivity contribution in [2.75, 3.05) is 16.8 Å². The van der Waals surface area contributed by atoms with Crippen molar-refractivity contribution in [3.8, 4) is 5.75 Å². The molecule has 0 aliphatic carbocycles. The van der Waals surface area contributed by atoms with Crippen molar-refractivity contribution in [1.29, 1.82) is 0 Å². The summed E-state index contributed by atoms with van der Waals surface area (Å²) in [5.74, 6) is 1.04. The molecule has 3 N–H and O–H groups in total. The summed E-state index contributed by atoms with van der Waals surface area (Å²) >= 11 is 0. The molecule has 0 amide bonds. The number of methoxy groups -OCH3 is 1. The summed E-state index contributed by atoms with van der Waals surface area (Å²) in [6.45, 7) is 1.82. The van der Waals surface area contributed by atoms with Gasteiger partial charge in [0.15, 0.2) is 6.23 Å². The zero-order valence-electron chi connectivity index (χ0n) is 13.7. The predicted octanol–water partition coefficient (Wildman–Crippen LogP) is 1.44. The first-order chi connectivity index (χ1) is 11.9. The Morgan fingerprint density at radius 3 is 2.48 bits per heavy atom. The summed E-state index contributed by atoms with van der Waals surface area (Å²) in [4.78, 5) is 4.29. The third-order valence-corrected chi connectivity index (χ3v) is 4.97. The monoisotopic (exact) mass is 362 g/mol. The van der Waals surface area contributed by atoms with Crippen molar-refractivity contribution in [2.24, 2.45) is 0 Å². The molecule has 3 rings (SSSR count). The number of aliphatic hydroxyl groups excluding tert-OH is 1. The molecule has 0 saturated heterocycles. The molecule has 1 unspecified atom stereocenters. The van der Waals surface area contributed by atoms with Crippen molar-refractivity contribution < 1.29 is 18.3 Å². The number of pyridine rings is 1. The van der Waals surface area contributed by atoms with Gasteiger partial charge in [0.1, 0.15) is 11.6 Å². The Balaban J connectivity index is 1.74. The normalized spacial score (nSPS) is 17.0. The van der Waals surface area contributed by atoms with Crippen LogP contribution in [0.5, 0.6) is 5.75 Å². The predicted molar refractivity (Wildman–Crippen MR) is 93.4 cm³/mol. The van der Waals surface area contributed by atoms with Crippen molar-refractivity contribution in [3.05, 3.63) is 54.4 Å². The number of aliphatic hydroxyl groups is 1. The van der Waals surface area contributed by atoms with Gasteiger partial charge >= 0.3 is 0 Å². The van der Waals surface area contributed by atoms with Gasteiger partial charge in [0, 0.05) is 5.70 Å². The maximum absolute atomic E-state index is 12.4. The summed E-state index contributed by atoms with van der Waals surface area (Å²) in [6, 6.07) is 9.25. The first-order valence-electron chi connectivity index (χ1n) is 7.44. The standard InChI is InChI=1S/C16H18N4O4S/c1-11-9-16(21)20(18-11)15-8-3-12(10-17-15)19-25(22,23)14-6-4-13(24-2)5-7-14/h3-10,16,18-19,21H,1-2H3. The molecular weight excluding hydrogens is 344 g/mol. The van der Waals surface area contributed by atoms with E-state index in [9.17, 15) is 13.5 Å². The van der Waals surface area contributed by atoms with Gasteiger partial charge in [0.25, 0.3) is 10.0 Å². The van der Waals surface area contributed by atoms with Crippen molar-refractivity contribution >= 4 is 21.5 Å². The number of hydrogen-bond acceptors (Lipinski definition) is 7. The summed E-state index contributed by atoms with van der Waals surface area (Å²) in [5, 5.41) is 11.4. The van der Waals surface area contributed by atoms with Gasteiger partial charge in [-0.05, 0) is 49.4 Å². The number of hydrazine groups is 1. The lowest BCUT2D eigenvalue weighted by Gasteiger charge is -2.22. The van der Waals surface area contributed by atoms with Crippen LogP contribution in [-0.4, -0.2) is 31.8 Å². The Labute approximate surface area is 145 Å². The first kappa shape index (κ1) is 17.1. The van der Waals surface area contributed by atoms with Crippen LogP contribution in [0.1, 0.15) is 6.92 Å². The topological polar surface area (TPSA) is 104 Å². The number of rotatable bonds is 5. The Morgan fingerprint density at radius 1 is 1.24 bits per heavy atom. The number of sulfonamides is 1. The Kier molecular flexibility index (Phi) is 4.51. The second kappa shape index (κ2) is 6.61. The third kappa shape index (κ3) is 3.67. The van der Waals surface area contributed by atoms with E-state index < -0.39 is 16.3 Å². The molecule has 25 heavy (non-hydrogen) atoms. The van der Waals surface area contributed by atoms with E-state index in [0.29, 0.717) is 17.3 Å². The fourth-order valence-corrected chi connectivity index (χ4v) is 3.39. The zero-order valence-corrected chi connectivity index (χ0v) is 14.5. The van der Waals surface area contributed by atoms with E-state index in [-0.39, 0.29) is 4.90 Å². The highest BCUT2D eigenvalue weighted by atomic mass is 32.2. The van der Waals surface area contributed by atoms with E-state index in [2.05, 4.69) is 15.1 Å². The lowest BCUT2D eigenvalue weighted by atomic mass is 10.3. The van der Waals surface area contributed by atoms with Gasteiger partial charge in [-0.25, -0.2) is 18.4 Å². The van der Waals surface area contributed by atoms with Crippen molar-refractivity contribution in [3.63, 3.8) is 0 Å². The maximum Gasteiger partial charge on any atom is 0.261 e. The number of anilines is 2. The molecule has 9 heteroatoms. The summed E-state index contributed by atoms with van der Waals surface area (Å²) in [6.07, 6.45) is 2.20. The minimum atomic E-state index is -3.72. The van der Waals surface area contributed by atoms with Gasteiger partial charge in [-0.15, -0.1) is 0 Å². The second-order valence-corrected chi connectivity index (χ2v) is 7.11. The number of benzene rings is 1. The lowest BCUT2D eigenvalue weighted by Crippen LogP contribution is -2.38. The van der Waals surface area contributed by atoms with Crippen LogP contribution in [0.3, 0.4) is 0 Å². The van der Waals surface area contributed by atoms with E-state index in [1.807, 2.05) is 6.92 Å². The molecule has 132 valence electrons. The van der Waals surface area contributed by atoms with Crippen LogP contribution in [0.25, 0.3) is 0 Å². The van der Waals surface area contributed by atoms with Crippen LogP contribution in [0.2, 0.25) is 0 Å². The van der Waals surface area contributed by atoms with Crippen LogP contribution in [0.15, 0.2) is 59.3 Å². The summed E-state index contributed by atoms with van der Waals surface area (Å²) in [5.41, 5.74) is 4.08. The Bertz CT molecular complexity index is 879. The maximum atomic E-state index is 12.4. The molecule has 1 aliphatic heterocycles. The summed E-state index contributed by atoms with van der Waals surface area (Å²) < 4.78 is 32.3. The van der Waals surface area contributed by atoms with Crippen LogP contribution < -0.4 is 19.9 Å². The highest BCUT2D eigenvalue weighted by molar-refractivity contribution is 7.92. The zero-order chi connectivity index (χ0) is 18.0. The molecule has 2 heterocycles. The molecular formula is C16H18N4O4S. The van der Waals surface area contributed by atoms with E-state index in [0.717, 1.165) is 5.70 Å². The van der Waals surface area contributed by atoms with Crippen molar-refractivity contribution in [2.45, 2.75) is 18.0 Å². The van der Waals surface area contributed by atoms with Crippen LogP contribution in [-0.2, 0) is 10.0 Å². The van der Waals surface area contributed by atoms with E-state index in [4.69, 9.17) is 4.74 Å². The number of hydrogen-bond donors (Lipinski definition) is 3. The molecule has 0 bridgehead atoms. The van der Waals surface area contributed by atoms with Gasteiger partial charge < -0.3 is 9.84 Å². The van der Waals surface area contributed by atoms with E-state index in [1.165, 1.54) is 30.4 Å². The molecule has 1 aromatic carbocycles. The number of aromatic nitrogens is 1. The minimum absolute atomic E-state index is 0.119. The van der Waals surface area contributed by atoms with Crippen LogP contribution in [0, 0.1) is 0 Å². The molecule has 1 aliphatic rings. The Hall–Kier alpha value is -2.78. The highest BCUT2D eigenvalue weighted by Crippen LogP contribution is 2.22. The van der Waals surface area contributed by atoms with Gasteiger partial charge in [0.05, 0.1) is 23.9 Å².